The molecule has 0 bridgehead atoms. The van der Waals surface area contributed by atoms with Gasteiger partial charge >= 0.3 is 5.97 Å². The number of hydrogen-bond acceptors (Lipinski definition) is 3. The van der Waals surface area contributed by atoms with E-state index in [0.717, 1.165) is 12.8 Å². The summed E-state index contributed by atoms with van der Waals surface area (Å²) < 4.78 is 12.7. The second kappa shape index (κ2) is 8.70. The fourth-order valence-electron chi connectivity index (χ4n) is 11.0. The molecule has 5 aliphatic rings. The molecule has 3 nitrogen and oxygen atoms in total. The molecule has 1 aliphatic heterocycles. The Bertz CT molecular complexity index is 1160. The predicted molar refractivity (Wildman–Crippen MR) is 157 cm³/mol. The zero-order valence-corrected chi connectivity index (χ0v) is 25.9. The quantitative estimate of drug-likeness (QED) is 0.281. The molecule has 1 aromatic carbocycles. The van der Waals surface area contributed by atoms with E-state index >= 15 is 0 Å². The molecular formula is C36H52O3. The Kier molecular flexibility index (Phi) is 6.14. The number of ether oxygens (including phenoxy) is 2. The molecule has 6 rings (SSSR count). The van der Waals surface area contributed by atoms with E-state index in [1.54, 1.807) is 0 Å². The zero-order valence-electron chi connectivity index (χ0n) is 25.9. The summed E-state index contributed by atoms with van der Waals surface area (Å²) in [6, 6.07) is 9.37. The number of allylic oxidation sites excluding steroid dienone is 2. The normalized spacial score (nSPS) is 46.0. The van der Waals surface area contributed by atoms with Gasteiger partial charge in [0.25, 0.3) is 0 Å². The van der Waals surface area contributed by atoms with Crippen molar-refractivity contribution in [2.75, 3.05) is 0 Å². The minimum Gasteiger partial charge on any atom is -0.432 e. The highest BCUT2D eigenvalue weighted by atomic mass is 16.7. The second-order valence-corrected chi connectivity index (χ2v) is 16.5. The van der Waals surface area contributed by atoms with E-state index in [-0.39, 0.29) is 27.8 Å². The van der Waals surface area contributed by atoms with Crippen molar-refractivity contribution in [3.8, 4) is 0 Å². The Morgan fingerprint density at radius 2 is 1.54 bits per heavy atom. The third-order valence-electron chi connectivity index (χ3n) is 13.5. The maximum absolute atomic E-state index is 13.1. The highest BCUT2D eigenvalue weighted by molar-refractivity contribution is 5.89. The largest absolute Gasteiger partial charge is 0.432 e. The summed E-state index contributed by atoms with van der Waals surface area (Å²) in [6.07, 6.45) is 13.3. The first-order valence-corrected chi connectivity index (χ1v) is 15.8. The molecule has 214 valence electrons. The lowest BCUT2D eigenvalue weighted by Crippen LogP contribution is -2.66. The van der Waals surface area contributed by atoms with Gasteiger partial charge in [0, 0.05) is 6.42 Å². The van der Waals surface area contributed by atoms with Crippen LogP contribution < -0.4 is 0 Å². The average Bonchev–Trinajstić information content (AvgIpc) is 2.85. The molecule has 2 unspecified atom stereocenters. The van der Waals surface area contributed by atoms with Gasteiger partial charge in [0.15, 0.2) is 0 Å². The topological polar surface area (TPSA) is 35.5 Å². The summed E-state index contributed by atoms with van der Waals surface area (Å²) in [7, 11) is 0. The monoisotopic (exact) mass is 532 g/mol. The number of esters is 1. The van der Waals surface area contributed by atoms with Crippen LogP contribution in [0.4, 0.5) is 0 Å². The lowest BCUT2D eigenvalue weighted by Gasteiger charge is -2.71. The molecule has 4 fully saturated rings. The summed E-state index contributed by atoms with van der Waals surface area (Å²) >= 11 is 0. The molecule has 3 saturated carbocycles. The molecule has 0 spiro atoms. The van der Waals surface area contributed by atoms with Gasteiger partial charge in [0.1, 0.15) is 0 Å². The smallest absolute Gasteiger partial charge is 0.340 e. The van der Waals surface area contributed by atoms with Crippen LogP contribution in [0.1, 0.15) is 124 Å². The van der Waals surface area contributed by atoms with Gasteiger partial charge in [-0.25, -0.2) is 4.79 Å². The van der Waals surface area contributed by atoms with Gasteiger partial charge in [-0.3, -0.25) is 0 Å². The molecule has 4 aliphatic carbocycles. The molecule has 1 aromatic rings. The van der Waals surface area contributed by atoms with Gasteiger partial charge in [-0.1, -0.05) is 71.4 Å². The highest BCUT2D eigenvalue weighted by Crippen LogP contribution is 2.75. The molecule has 8 atom stereocenters. The van der Waals surface area contributed by atoms with Gasteiger partial charge in [-0.15, -0.1) is 0 Å². The number of carbonyl (C=O) groups is 1. The SMILES string of the molecule is CC1(C)CC[C@]2(C)CC[C@]3(C)C(=CC[C@@H]4[C@@]5(C)CC(OC(=O)c6ccccc6)OC(C)(C)C5CC[C@]43C)[C@H]2C1. The van der Waals surface area contributed by atoms with Crippen LogP contribution in [0.3, 0.4) is 0 Å². The number of carbonyl (C=O) groups excluding carboxylic acids is 1. The molecule has 3 heteroatoms. The standard InChI is InChI=1S/C36H52O3/c1-31(2)18-19-33(5)20-21-35(7)25(26(33)22-31)14-15-28-34(6)23-29(38-30(37)24-12-10-9-11-13-24)39-32(3,4)27(34)16-17-36(28,35)8/h9-14,26-29H,15-23H2,1-8H3/t26-,27?,28-,29?,33-,34+,35-,36-/m1/s1. The van der Waals surface area contributed by atoms with E-state index in [1.165, 1.54) is 44.9 Å². The second-order valence-electron chi connectivity index (χ2n) is 16.5. The summed E-state index contributed by atoms with van der Waals surface area (Å²) in [4.78, 5) is 13.1. The van der Waals surface area contributed by atoms with Gasteiger partial charge in [0.05, 0.1) is 11.2 Å². The van der Waals surface area contributed by atoms with Crippen LogP contribution in [-0.2, 0) is 9.47 Å². The van der Waals surface area contributed by atoms with E-state index < -0.39 is 6.29 Å². The fourth-order valence-corrected chi connectivity index (χ4v) is 11.0. The van der Waals surface area contributed by atoms with Crippen LogP contribution in [-0.4, -0.2) is 17.9 Å². The van der Waals surface area contributed by atoms with Crippen molar-refractivity contribution in [2.24, 2.45) is 44.8 Å². The number of hydrogen-bond donors (Lipinski definition) is 0. The predicted octanol–water partition coefficient (Wildman–Crippen LogP) is 9.37. The van der Waals surface area contributed by atoms with Crippen LogP contribution in [0.25, 0.3) is 0 Å². The van der Waals surface area contributed by atoms with Crippen LogP contribution in [0, 0.1) is 44.8 Å². The molecular weight excluding hydrogens is 480 g/mol. The van der Waals surface area contributed by atoms with Crippen LogP contribution in [0.15, 0.2) is 42.0 Å². The van der Waals surface area contributed by atoms with Crippen LogP contribution >= 0.6 is 0 Å². The Morgan fingerprint density at radius 3 is 2.26 bits per heavy atom. The lowest BCUT2D eigenvalue weighted by atomic mass is 9.35. The van der Waals surface area contributed by atoms with Gasteiger partial charge in [-0.05, 0) is 122 Å². The minimum absolute atomic E-state index is 0.0496. The summed E-state index contributed by atoms with van der Waals surface area (Å²) in [5.41, 5.74) is 3.50. The van der Waals surface area contributed by atoms with E-state index in [1.807, 2.05) is 35.9 Å². The van der Waals surface area contributed by atoms with Crippen molar-refractivity contribution in [2.45, 2.75) is 125 Å². The third kappa shape index (κ3) is 4.03. The maximum Gasteiger partial charge on any atom is 0.340 e. The van der Waals surface area contributed by atoms with Crippen molar-refractivity contribution in [3.05, 3.63) is 47.5 Å². The third-order valence-corrected chi connectivity index (χ3v) is 13.5. The Morgan fingerprint density at radius 1 is 0.846 bits per heavy atom. The van der Waals surface area contributed by atoms with Crippen molar-refractivity contribution >= 4 is 5.97 Å². The molecule has 39 heavy (non-hydrogen) atoms. The Labute approximate surface area is 237 Å². The first-order chi connectivity index (χ1) is 18.1. The van der Waals surface area contributed by atoms with Gasteiger partial charge in [-0.2, -0.15) is 0 Å². The van der Waals surface area contributed by atoms with E-state index in [4.69, 9.17) is 9.47 Å². The molecule has 0 amide bonds. The Hall–Kier alpha value is -1.61. The molecule has 0 radical (unpaired) electrons. The van der Waals surface area contributed by atoms with E-state index in [0.29, 0.717) is 34.1 Å². The molecule has 1 heterocycles. The van der Waals surface area contributed by atoms with Crippen molar-refractivity contribution < 1.29 is 14.3 Å². The molecule has 1 saturated heterocycles. The van der Waals surface area contributed by atoms with Crippen LogP contribution in [0.2, 0.25) is 0 Å². The highest BCUT2D eigenvalue weighted by Gasteiger charge is 2.68. The van der Waals surface area contributed by atoms with E-state index in [9.17, 15) is 4.79 Å². The fraction of sp³-hybridized carbons (Fsp3) is 0.750. The first kappa shape index (κ1) is 27.6. The van der Waals surface area contributed by atoms with Crippen LogP contribution in [0.5, 0.6) is 0 Å². The van der Waals surface area contributed by atoms with Crippen molar-refractivity contribution in [1.29, 1.82) is 0 Å². The summed E-state index contributed by atoms with van der Waals surface area (Å²) in [5.74, 6) is 1.45. The summed E-state index contributed by atoms with van der Waals surface area (Å²) in [6.45, 7) is 19.9. The average molecular weight is 533 g/mol. The molecule has 0 N–H and O–H groups in total. The Balaban J connectivity index is 1.35. The van der Waals surface area contributed by atoms with Gasteiger partial charge in [0.2, 0.25) is 6.29 Å². The zero-order chi connectivity index (χ0) is 28.1. The van der Waals surface area contributed by atoms with Gasteiger partial charge < -0.3 is 9.47 Å². The molecule has 0 aromatic heterocycles. The summed E-state index contributed by atoms with van der Waals surface area (Å²) in [5, 5.41) is 0. The van der Waals surface area contributed by atoms with Crippen molar-refractivity contribution in [1.82, 2.24) is 0 Å². The van der Waals surface area contributed by atoms with Crippen molar-refractivity contribution in [3.63, 3.8) is 0 Å². The number of benzene rings is 1. The number of rotatable bonds is 2. The number of fused-ring (bicyclic) bond motifs is 7. The minimum atomic E-state index is -0.511. The maximum atomic E-state index is 13.1. The van der Waals surface area contributed by atoms with E-state index in [2.05, 4.69) is 61.5 Å². The first-order valence-electron chi connectivity index (χ1n) is 15.8. The lowest BCUT2D eigenvalue weighted by molar-refractivity contribution is -0.296.